The third kappa shape index (κ3) is 11.3. The van der Waals surface area contributed by atoms with E-state index in [1.165, 1.54) is 27.4 Å². The van der Waals surface area contributed by atoms with Crippen LogP contribution in [0.4, 0.5) is 26.2 Å². The Morgan fingerprint density at radius 2 is 1.13 bits per heavy atom. The van der Waals surface area contributed by atoms with Crippen LogP contribution in [0.3, 0.4) is 0 Å². The molecule has 0 radical (unpaired) electrons. The van der Waals surface area contributed by atoms with E-state index in [1.807, 2.05) is 54.7 Å². The summed E-state index contributed by atoms with van der Waals surface area (Å²) < 4.78 is 49.0. The van der Waals surface area contributed by atoms with Gasteiger partial charge in [-0.1, -0.05) is 80.6 Å². The molecule has 0 saturated heterocycles. The van der Waals surface area contributed by atoms with Crippen molar-refractivity contribution < 1.29 is 56.8 Å². The minimum Gasteiger partial charge on any atom is -0.494 e. The number of carbonyl (C=O) groups excluding carboxylic acids is 5. The molecule has 84 heavy (non-hydrogen) atoms. The lowest BCUT2D eigenvalue weighted by molar-refractivity contribution is -0.128. The number of hydrogen-bond donors (Lipinski definition) is 3. The average Bonchev–Trinajstić information content (AvgIpc) is 4.30. The van der Waals surface area contributed by atoms with E-state index in [4.69, 9.17) is 33.4 Å². The summed E-state index contributed by atoms with van der Waals surface area (Å²) in [6.45, 7) is 5.72. The maximum Gasteiger partial charge on any atom is 0.407 e. The van der Waals surface area contributed by atoms with Gasteiger partial charge in [-0.3, -0.25) is 29.2 Å². The normalized spacial score (nSPS) is 17.0. The van der Waals surface area contributed by atoms with Crippen LogP contribution in [0.1, 0.15) is 88.9 Å². The quantitative estimate of drug-likeness (QED) is 0.0650. The Morgan fingerprint density at radius 3 is 1.65 bits per heavy atom. The molecule has 430 valence electrons. The molecule has 4 atom stereocenters. The van der Waals surface area contributed by atoms with Gasteiger partial charge in [-0.05, 0) is 93.8 Å². The highest BCUT2D eigenvalue weighted by Gasteiger charge is 2.37. The molecule has 3 N–H and O–H groups in total. The molecule has 4 heterocycles. The number of benzene rings is 6. The highest BCUT2D eigenvalue weighted by atomic mass is 19.1. The van der Waals surface area contributed by atoms with Crippen molar-refractivity contribution in [1.29, 1.82) is 0 Å². The van der Waals surface area contributed by atoms with Gasteiger partial charge in [0.25, 0.3) is 11.8 Å². The summed E-state index contributed by atoms with van der Waals surface area (Å²) in [7, 11) is 4.40. The number of ether oxygens (including phenoxy) is 6. The Kier molecular flexibility index (Phi) is 16.0. The number of nitrogens with one attached hydrogen (secondary N) is 3. The van der Waals surface area contributed by atoms with E-state index in [0.29, 0.717) is 76.0 Å². The van der Waals surface area contributed by atoms with Crippen LogP contribution in [-0.2, 0) is 14.3 Å². The van der Waals surface area contributed by atoms with E-state index >= 15 is 0 Å². The number of halogens is 1. The number of carbonyl (C=O) groups is 5. The van der Waals surface area contributed by atoms with E-state index in [9.17, 15) is 28.4 Å². The Hall–Kier alpha value is -9.78. The zero-order valence-corrected chi connectivity index (χ0v) is 47.1. The zero-order valence-electron chi connectivity index (χ0n) is 47.1. The van der Waals surface area contributed by atoms with Crippen molar-refractivity contribution in [3.8, 4) is 39.9 Å². The lowest BCUT2D eigenvalue weighted by atomic mass is 9.98. The number of rotatable bonds is 19. The van der Waals surface area contributed by atoms with Crippen LogP contribution in [0.15, 0.2) is 138 Å². The number of fused-ring (bicyclic) bond motifs is 7. The minimum atomic E-state index is -0.961. The van der Waals surface area contributed by atoms with E-state index in [1.54, 1.807) is 97.7 Å². The van der Waals surface area contributed by atoms with Gasteiger partial charge in [0.1, 0.15) is 18.7 Å². The molecule has 4 aliphatic heterocycles. The molecule has 5 amide bonds. The third-order valence-electron chi connectivity index (χ3n) is 15.6. The molecular formula is C65H62FN7O11. The van der Waals surface area contributed by atoms with Crippen LogP contribution in [-0.4, -0.2) is 117 Å². The largest absolute Gasteiger partial charge is 0.494 e. The fraction of sp³-hybridized carbons (Fsp3) is 0.277. The highest BCUT2D eigenvalue weighted by molar-refractivity contribution is 6.07. The fourth-order valence-corrected chi connectivity index (χ4v) is 11.1. The van der Waals surface area contributed by atoms with Crippen LogP contribution in [0.25, 0.3) is 22.3 Å². The SMILES string of the molecule is COc1ccc(C2=CN3C(=O)c4cc(OC)c(OCCCOc5cc6c(cc5OC)C(=O)N5C=C(c7ccc(NC(=O)[C@H](C)NC(=O)[C@@H](NC(=O)OCC8c9ccccc9-c9ccccc98)C(C)C)cc7)C[C@H]5C=N6)cc4N=C[C@@H]3C2)cc1F. The number of nitrogens with zero attached hydrogens (tertiary/aromatic N) is 4. The molecule has 19 heteroatoms. The number of methoxy groups -OCH3 is 3. The maximum atomic E-state index is 14.5. The van der Waals surface area contributed by atoms with Crippen molar-refractivity contribution in [2.45, 2.75) is 70.1 Å². The first-order chi connectivity index (χ1) is 40.7. The van der Waals surface area contributed by atoms with Crippen molar-refractivity contribution in [2.24, 2.45) is 15.9 Å². The Bertz CT molecular complexity index is 3680. The molecule has 0 aromatic heterocycles. The molecular weight excluding hydrogens is 1070 g/mol. The highest BCUT2D eigenvalue weighted by Crippen LogP contribution is 2.46. The second-order valence-electron chi connectivity index (χ2n) is 21.3. The van der Waals surface area contributed by atoms with Crippen molar-refractivity contribution in [2.75, 3.05) is 46.5 Å². The molecule has 1 aliphatic carbocycles. The first kappa shape index (κ1) is 56.1. The second-order valence-corrected chi connectivity index (χ2v) is 21.3. The first-order valence-electron chi connectivity index (χ1n) is 27.7. The number of aliphatic imine (C=N–C) groups is 2. The minimum absolute atomic E-state index is 0.0957. The molecule has 6 aromatic rings. The summed E-state index contributed by atoms with van der Waals surface area (Å²) in [6, 6.07) is 32.0. The van der Waals surface area contributed by atoms with Crippen LogP contribution in [0, 0.1) is 11.7 Å². The standard InChI is InChI=1S/C65H62FN7O11/c1-36(2)60(71-65(78)84-35-51-47-14-9-7-12-45(47)46-13-8-10-15-48(46)51)62(75)69-37(3)61(74)70-42-19-16-38(17-20-42)40-24-43-31-67-53-29-58(56(80-5)27-49(53)63(76)72(43)33-40)82-22-11-23-83-59-30-54-50(28-57(59)81-6)64(77)73-34-41(25-44(73)32-68-54)39-18-21-55(79-4)52(66)26-39/h7-10,12-21,26-34,36-37,43-44,51,60H,11,22-25,35H2,1-6H3,(H,69,75)(H,70,74)(H,71,78)/t37-,43-,44-,60-/m0/s1. The van der Waals surface area contributed by atoms with E-state index in [-0.39, 0.29) is 61.3 Å². The molecule has 0 saturated carbocycles. The number of alkyl carbamates (subject to hydrolysis) is 1. The predicted octanol–water partition coefficient (Wildman–Crippen LogP) is 10.6. The summed E-state index contributed by atoms with van der Waals surface area (Å²) in [4.78, 5) is 80.7. The molecule has 0 unspecified atom stereocenters. The Balaban J connectivity index is 0.655. The van der Waals surface area contributed by atoms with Crippen LogP contribution in [0.5, 0.6) is 28.7 Å². The number of anilines is 1. The zero-order chi connectivity index (χ0) is 58.8. The van der Waals surface area contributed by atoms with Crippen LogP contribution in [0.2, 0.25) is 0 Å². The van der Waals surface area contributed by atoms with Crippen molar-refractivity contribution in [3.63, 3.8) is 0 Å². The van der Waals surface area contributed by atoms with Gasteiger partial charge in [0, 0.05) is 67.8 Å². The van der Waals surface area contributed by atoms with Gasteiger partial charge in [0.05, 0.1) is 69.1 Å². The summed E-state index contributed by atoms with van der Waals surface area (Å²) in [5, 5.41) is 8.31. The topological polar surface area (TPSA) is 208 Å². The lowest BCUT2D eigenvalue weighted by Gasteiger charge is -2.24. The van der Waals surface area contributed by atoms with E-state index < -0.39 is 35.8 Å². The molecule has 18 nitrogen and oxygen atoms in total. The lowest BCUT2D eigenvalue weighted by Crippen LogP contribution is -2.53. The van der Waals surface area contributed by atoms with Gasteiger partial charge >= 0.3 is 6.09 Å². The second kappa shape index (κ2) is 24.0. The fourth-order valence-electron chi connectivity index (χ4n) is 11.1. The third-order valence-corrected chi connectivity index (χ3v) is 15.6. The molecule has 11 rings (SSSR count). The van der Waals surface area contributed by atoms with Crippen molar-refractivity contribution >= 4 is 70.4 Å². The molecule has 6 aromatic carbocycles. The Labute approximate surface area is 485 Å². The first-order valence-corrected chi connectivity index (χ1v) is 27.7. The van der Waals surface area contributed by atoms with E-state index in [0.717, 1.165) is 39.0 Å². The monoisotopic (exact) mass is 1140 g/mol. The predicted molar refractivity (Wildman–Crippen MR) is 315 cm³/mol. The van der Waals surface area contributed by atoms with E-state index in [2.05, 4.69) is 33.1 Å². The molecule has 0 fully saturated rings. The van der Waals surface area contributed by atoms with Gasteiger partial charge < -0.3 is 54.2 Å². The van der Waals surface area contributed by atoms with Crippen molar-refractivity contribution in [1.82, 2.24) is 20.4 Å². The maximum absolute atomic E-state index is 14.5. The molecule has 0 spiro atoms. The van der Waals surface area contributed by atoms with Gasteiger partial charge in [-0.25, -0.2) is 9.18 Å². The number of hydrogen-bond acceptors (Lipinski definition) is 13. The van der Waals surface area contributed by atoms with Gasteiger partial charge in [-0.15, -0.1) is 0 Å². The Morgan fingerprint density at radius 1 is 0.607 bits per heavy atom. The van der Waals surface area contributed by atoms with Crippen LogP contribution < -0.4 is 39.6 Å². The van der Waals surface area contributed by atoms with Gasteiger partial charge in [0.15, 0.2) is 34.6 Å². The summed E-state index contributed by atoms with van der Waals surface area (Å²) in [5.41, 5.74) is 9.58. The average molecular weight is 1140 g/mol. The van der Waals surface area contributed by atoms with Crippen molar-refractivity contribution in [3.05, 3.63) is 167 Å². The summed E-state index contributed by atoms with van der Waals surface area (Å²) in [5.74, 6) is -0.803. The summed E-state index contributed by atoms with van der Waals surface area (Å²) in [6.07, 6.45) is 7.66. The molecule has 5 aliphatic rings. The molecule has 0 bridgehead atoms. The van der Waals surface area contributed by atoms with Gasteiger partial charge in [-0.2, -0.15) is 0 Å². The summed E-state index contributed by atoms with van der Waals surface area (Å²) >= 11 is 0. The smallest absolute Gasteiger partial charge is 0.407 e. The van der Waals surface area contributed by atoms with Gasteiger partial charge in [0.2, 0.25) is 11.8 Å². The number of amides is 5. The van der Waals surface area contributed by atoms with Crippen LogP contribution >= 0.6 is 0 Å².